The Morgan fingerprint density at radius 1 is 1.47 bits per heavy atom. The number of nitrogens with one attached hydrogen (secondary N) is 1. The monoisotopic (exact) mass is 252 g/mol. The first-order valence-corrected chi connectivity index (χ1v) is 6.63. The Balaban J connectivity index is 2.59. The predicted molar refractivity (Wildman–Crippen MR) is 69.4 cm³/mol. The fraction of sp³-hybridized carbons (Fsp3) is 0.462. The molecule has 0 heterocycles. The van der Waals surface area contributed by atoms with Gasteiger partial charge < -0.3 is 0 Å². The maximum Gasteiger partial charge on any atom is 0.136 e. The minimum atomic E-state index is -0.608. The van der Waals surface area contributed by atoms with E-state index in [1.165, 1.54) is 17.8 Å². The summed E-state index contributed by atoms with van der Waals surface area (Å²) in [6.45, 7) is 4.69. The van der Waals surface area contributed by atoms with Crippen molar-refractivity contribution in [3.8, 4) is 6.07 Å². The van der Waals surface area contributed by atoms with Gasteiger partial charge in [0.25, 0.3) is 0 Å². The Bertz CT molecular complexity index is 403. The number of nitrogens with zero attached hydrogens (tertiary/aromatic N) is 1. The smallest absolute Gasteiger partial charge is 0.136 e. The lowest BCUT2D eigenvalue weighted by Gasteiger charge is -2.22. The largest absolute Gasteiger partial charge is 0.299 e. The molecule has 92 valence electrons. The van der Waals surface area contributed by atoms with Crippen molar-refractivity contribution in [3.05, 3.63) is 30.1 Å². The number of hydrogen-bond donors (Lipinski definition) is 1. The van der Waals surface area contributed by atoms with Crippen LogP contribution in [0.25, 0.3) is 0 Å². The van der Waals surface area contributed by atoms with Gasteiger partial charge in [0.15, 0.2) is 0 Å². The molecular weight excluding hydrogens is 235 g/mol. The third-order valence-corrected chi connectivity index (χ3v) is 3.73. The van der Waals surface area contributed by atoms with Crippen LogP contribution >= 0.6 is 11.8 Å². The number of nitriles is 1. The zero-order valence-electron chi connectivity index (χ0n) is 10.2. The van der Waals surface area contributed by atoms with E-state index in [1.54, 1.807) is 18.2 Å². The van der Waals surface area contributed by atoms with E-state index in [0.29, 0.717) is 10.6 Å². The molecule has 4 heteroatoms. The summed E-state index contributed by atoms with van der Waals surface area (Å²) in [5.41, 5.74) is -0.608. The van der Waals surface area contributed by atoms with Crippen LogP contribution in [0.15, 0.2) is 29.2 Å². The molecule has 1 aromatic carbocycles. The second kappa shape index (κ2) is 6.63. The molecule has 0 fully saturated rings. The van der Waals surface area contributed by atoms with Crippen LogP contribution in [0.1, 0.15) is 20.3 Å². The van der Waals surface area contributed by atoms with E-state index in [9.17, 15) is 4.39 Å². The molecule has 0 amide bonds. The third kappa shape index (κ3) is 4.37. The second-order valence-corrected chi connectivity index (χ2v) is 5.11. The minimum absolute atomic E-state index is 0.228. The first-order chi connectivity index (χ1) is 8.11. The summed E-state index contributed by atoms with van der Waals surface area (Å²) in [7, 11) is 0. The quantitative estimate of drug-likeness (QED) is 0.790. The van der Waals surface area contributed by atoms with Crippen LogP contribution in [0.3, 0.4) is 0 Å². The van der Waals surface area contributed by atoms with Crippen molar-refractivity contribution < 1.29 is 4.39 Å². The number of rotatable bonds is 6. The molecule has 1 unspecified atom stereocenters. The molecule has 1 aromatic rings. The van der Waals surface area contributed by atoms with Gasteiger partial charge in [-0.2, -0.15) is 5.26 Å². The number of thioether (sulfide) groups is 1. The van der Waals surface area contributed by atoms with Crippen molar-refractivity contribution in [3.63, 3.8) is 0 Å². The van der Waals surface area contributed by atoms with Crippen LogP contribution in [-0.4, -0.2) is 17.8 Å². The fourth-order valence-electron chi connectivity index (χ4n) is 1.31. The van der Waals surface area contributed by atoms with Crippen molar-refractivity contribution in [2.75, 3.05) is 12.3 Å². The highest BCUT2D eigenvalue weighted by Gasteiger charge is 2.23. The highest BCUT2D eigenvalue weighted by atomic mass is 32.2. The van der Waals surface area contributed by atoms with E-state index in [1.807, 2.05) is 6.92 Å². The van der Waals surface area contributed by atoms with Gasteiger partial charge in [-0.15, -0.1) is 11.8 Å². The molecule has 0 spiro atoms. The van der Waals surface area contributed by atoms with Crippen molar-refractivity contribution in [1.29, 1.82) is 5.26 Å². The molecule has 0 saturated carbocycles. The lowest BCUT2D eigenvalue weighted by molar-refractivity contribution is 0.493. The van der Waals surface area contributed by atoms with Gasteiger partial charge in [0.1, 0.15) is 11.4 Å². The Hall–Kier alpha value is -1.05. The van der Waals surface area contributed by atoms with Crippen LogP contribution < -0.4 is 5.32 Å². The summed E-state index contributed by atoms with van der Waals surface area (Å²) in [6, 6.07) is 8.88. The maximum absolute atomic E-state index is 13.4. The van der Waals surface area contributed by atoms with Crippen LogP contribution in [0, 0.1) is 17.1 Å². The normalized spacial score (nSPS) is 14.0. The molecule has 17 heavy (non-hydrogen) atoms. The number of hydrogen-bond acceptors (Lipinski definition) is 3. The molecule has 0 aliphatic rings. The van der Waals surface area contributed by atoms with Crippen molar-refractivity contribution in [1.82, 2.24) is 5.32 Å². The molecule has 0 radical (unpaired) electrons. The Morgan fingerprint density at radius 2 is 2.18 bits per heavy atom. The van der Waals surface area contributed by atoms with E-state index >= 15 is 0 Å². The van der Waals surface area contributed by atoms with Crippen molar-refractivity contribution in [2.24, 2.45) is 0 Å². The first kappa shape index (κ1) is 14.0. The molecule has 1 N–H and O–H groups in total. The predicted octanol–water partition coefficient (Wildman–Crippen LogP) is 3.20. The summed E-state index contributed by atoms with van der Waals surface area (Å²) in [5, 5.41) is 12.3. The van der Waals surface area contributed by atoms with Gasteiger partial charge in [-0.1, -0.05) is 19.1 Å². The third-order valence-electron chi connectivity index (χ3n) is 2.36. The summed E-state index contributed by atoms with van der Waals surface area (Å²) in [4.78, 5) is 0.590. The topological polar surface area (TPSA) is 35.8 Å². The molecular formula is C13H17FN2S. The van der Waals surface area contributed by atoms with Crippen LogP contribution in [0.5, 0.6) is 0 Å². The van der Waals surface area contributed by atoms with Gasteiger partial charge in [-0.25, -0.2) is 4.39 Å². The SMILES string of the molecule is CCCNC(C)(C#N)CSc1ccccc1F. The van der Waals surface area contributed by atoms with Gasteiger partial charge in [-0.3, -0.25) is 5.32 Å². The van der Waals surface area contributed by atoms with E-state index in [-0.39, 0.29) is 5.82 Å². The summed E-state index contributed by atoms with van der Waals surface area (Å²) in [6.07, 6.45) is 0.974. The minimum Gasteiger partial charge on any atom is -0.299 e. The van der Waals surface area contributed by atoms with E-state index < -0.39 is 5.54 Å². The second-order valence-electron chi connectivity index (χ2n) is 4.09. The van der Waals surface area contributed by atoms with Gasteiger partial charge in [0.05, 0.1) is 6.07 Å². The van der Waals surface area contributed by atoms with E-state index in [4.69, 9.17) is 5.26 Å². The average molecular weight is 252 g/mol. The molecule has 1 atom stereocenters. The van der Waals surface area contributed by atoms with Gasteiger partial charge in [0, 0.05) is 10.6 Å². The van der Waals surface area contributed by atoms with Gasteiger partial charge in [-0.05, 0) is 32.0 Å². The molecule has 0 aliphatic heterocycles. The van der Waals surface area contributed by atoms with Crippen molar-refractivity contribution in [2.45, 2.75) is 30.7 Å². The van der Waals surface area contributed by atoms with Crippen LogP contribution in [0.2, 0.25) is 0 Å². The molecule has 0 aromatic heterocycles. The zero-order valence-corrected chi connectivity index (χ0v) is 11.0. The highest BCUT2D eigenvalue weighted by Crippen LogP contribution is 2.24. The summed E-state index contributed by atoms with van der Waals surface area (Å²) in [5.74, 6) is 0.304. The van der Waals surface area contributed by atoms with E-state index in [2.05, 4.69) is 18.3 Å². The van der Waals surface area contributed by atoms with Crippen LogP contribution in [0.4, 0.5) is 4.39 Å². The average Bonchev–Trinajstić information content (AvgIpc) is 2.35. The first-order valence-electron chi connectivity index (χ1n) is 5.65. The molecule has 0 aliphatic carbocycles. The van der Waals surface area contributed by atoms with Crippen LogP contribution in [-0.2, 0) is 0 Å². The standard InChI is InChI=1S/C13H17FN2S/c1-3-8-16-13(2,9-15)10-17-12-7-5-4-6-11(12)14/h4-7,16H,3,8,10H2,1-2H3. The molecule has 0 bridgehead atoms. The summed E-state index contributed by atoms with van der Waals surface area (Å²) < 4.78 is 13.4. The Labute approximate surface area is 106 Å². The molecule has 1 rings (SSSR count). The van der Waals surface area contributed by atoms with Crippen molar-refractivity contribution >= 4 is 11.8 Å². The Kier molecular flexibility index (Phi) is 5.46. The lowest BCUT2D eigenvalue weighted by atomic mass is 10.1. The fourth-order valence-corrected chi connectivity index (χ4v) is 2.30. The van der Waals surface area contributed by atoms with E-state index in [0.717, 1.165) is 13.0 Å². The zero-order chi connectivity index (χ0) is 12.7. The number of halogens is 1. The maximum atomic E-state index is 13.4. The summed E-state index contributed by atoms with van der Waals surface area (Å²) >= 11 is 1.37. The molecule has 0 saturated heterocycles. The van der Waals surface area contributed by atoms with Gasteiger partial charge in [0.2, 0.25) is 0 Å². The highest BCUT2D eigenvalue weighted by molar-refractivity contribution is 7.99. The molecule has 2 nitrogen and oxygen atoms in total. The van der Waals surface area contributed by atoms with Gasteiger partial charge >= 0.3 is 0 Å². The number of benzene rings is 1. The Morgan fingerprint density at radius 3 is 2.76 bits per heavy atom. The lowest BCUT2D eigenvalue weighted by Crippen LogP contribution is -2.43.